The second-order valence-electron chi connectivity index (χ2n) is 4.28. The van der Waals surface area contributed by atoms with Gasteiger partial charge in [-0.25, -0.2) is 5.06 Å². The minimum atomic E-state index is -0.281. The summed E-state index contributed by atoms with van der Waals surface area (Å²) in [5, 5.41) is 1.17. The van der Waals surface area contributed by atoms with E-state index < -0.39 is 0 Å². The van der Waals surface area contributed by atoms with Crippen LogP contribution in [0.15, 0.2) is 22.7 Å². The summed E-state index contributed by atoms with van der Waals surface area (Å²) in [6.07, 6.45) is 1.44. The van der Waals surface area contributed by atoms with E-state index in [-0.39, 0.29) is 11.9 Å². The molecular weight excluding hydrogens is 326 g/mol. The highest BCUT2D eigenvalue weighted by molar-refractivity contribution is 9.10. The average molecular weight is 344 g/mol. The first-order valence-corrected chi connectivity index (χ1v) is 6.98. The predicted octanol–water partition coefficient (Wildman–Crippen LogP) is 2.58. The van der Waals surface area contributed by atoms with Crippen LogP contribution in [-0.2, 0) is 20.8 Å². The zero-order chi connectivity index (χ0) is 15.1. The van der Waals surface area contributed by atoms with Crippen LogP contribution in [0.3, 0.4) is 0 Å². The van der Waals surface area contributed by atoms with Gasteiger partial charge in [0, 0.05) is 24.0 Å². The van der Waals surface area contributed by atoms with Crippen LogP contribution in [0.25, 0.3) is 0 Å². The van der Waals surface area contributed by atoms with Gasteiger partial charge in [0.2, 0.25) is 0 Å². The van der Waals surface area contributed by atoms with Gasteiger partial charge < -0.3 is 4.74 Å². The molecule has 0 saturated carbocycles. The fourth-order valence-electron chi connectivity index (χ4n) is 1.68. The summed E-state index contributed by atoms with van der Waals surface area (Å²) in [5.74, 6) is -0.494. The first-order chi connectivity index (χ1) is 9.43. The van der Waals surface area contributed by atoms with Crippen molar-refractivity contribution in [3.05, 3.63) is 33.8 Å². The molecule has 0 aliphatic carbocycles. The van der Waals surface area contributed by atoms with E-state index in [1.807, 2.05) is 12.1 Å². The van der Waals surface area contributed by atoms with Crippen molar-refractivity contribution in [2.24, 2.45) is 0 Å². The molecule has 20 heavy (non-hydrogen) atoms. The number of esters is 1. The Bertz CT molecular complexity index is 490. The van der Waals surface area contributed by atoms with Crippen molar-refractivity contribution in [1.82, 2.24) is 5.06 Å². The molecule has 5 nitrogen and oxygen atoms in total. The number of nitrogens with zero attached hydrogens (tertiary/aromatic N) is 1. The third-order valence-corrected chi connectivity index (χ3v) is 3.14. The molecular formula is C14H18BrNO4. The monoisotopic (exact) mass is 343 g/mol. The molecule has 0 fully saturated rings. The normalized spacial score (nSPS) is 10.2. The van der Waals surface area contributed by atoms with Crippen LogP contribution in [0.4, 0.5) is 0 Å². The highest BCUT2D eigenvalue weighted by Crippen LogP contribution is 2.18. The third kappa shape index (κ3) is 5.30. The third-order valence-electron chi connectivity index (χ3n) is 2.68. The standard InChI is InChI=1S/C14H18BrNO4/c1-10(17)20-6-4-5-11-7-12(9-13(15)8-11)14(18)16(2)19-3/h7-9H,4-6H2,1-3H3. The Kier molecular flexibility index (Phi) is 6.67. The van der Waals surface area contributed by atoms with Gasteiger partial charge in [-0.2, -0.15) is 0 Å². The molecule has 0 radical (unpaired) electrons. The minimum Gasteiger partial charge on any atom is -0.466 e. The summed E-state index contributed by atoms with van der Waals surface area (Å²) in [6, 6.07) is 5.50. The summed E-state index contributed by atoms with van der Waals surface area (Å²) >= 11 is 3.39. The van der Waals surface area contributed by atoms with Crippen LogP contribution in [0.2, 0.25) is 0 Å². The molecule has 110 valence electrons. The van der Waals surface area contributed by atoms with Crippen molar-refractivity contribution in [3.8, 4) is 0 Å². The Balaban J connectivity index is 2.71. The first kappa shape index (κ1) is 16.7. The molecule has 1 aromatic rings. The van der Waals surface area contributed by atoms with Crippen LogP contribution in [0.5, 0.6) is 0 Å². The predicted molar refractivity (Wildman–Crippen MR) is 78.2 cm³/mol. The zero-order valence-corrected chi connectivity index (χ0v) is 13.4. The first-order valence-electron chi connectivity index (χ1n) is 6.19. The molecule has 0 aliphatic rings. The van der Waals surface area contributed by atoms with Gasteiger partial charge in [0.05, 0.1) is 13.7 Å². The van der Waals surface area contributed by atoms with Crippen LogP contribution in [0.1, 0.15) is 29.3 Å². The number of ether oxygens (including phenoxy) is 1. The van der Waals surface area contributed by atoms with Crippen LogP contribution in [-0.4, -0.2) is 37.7 Å². The van der Waals surface area contributed by atoms with Crippen molar-refractivity contribution in [2.45, 2.75) is 19.8 Å². The summed E-state index contributed by atoms with van der Waals surface area (Å²) < 4.78 is 5.71. The molecule has 0 N–H and O–H groups in total. The van der Waals surface area contributed by atoms with Crippen LogP contribution < -0.4 is 0 Å². The Morgan fingerprint density at radius 2 is 2.00 bits per heavy atom. The number of aryl methyl sites for hydroxylation is 1. The lowest BCUT2D eigenvalue weighted by Crippen LogP contribution is -2.25. The van der Waals surface area contributed by atoms with Gasteiger partial charge in [-0.15, -0.1) is 0 Å². The molecule has 0 spiro atoms. The second kappa shape index (κ2) is 8.01. The number of halogens is 1. The fourth-order valence-corrected chi connectivity index (χ4v) is 2.22. The quantitative estimate of drug-likeness (QED) is 0.452. The number of carbonyl (C=O) groups is 2. The molecule has 1 rings (SSSR count). The molecule has 0 heterocycles. The summed E-state index contributed by atoms with van der Waals surface area (Å²) in [5.41, 5.74) is 1.55. The Labute approximate surface area is 126 Å². The maximum atomic E-state index is 12.0. The van der Waals surface area contributed by atoms with E-state index in [4.69, 9.17) is 9.57 Å². The lowest BCUT2D eigenvalue weighted by molar-refractivity contribution is -0.141. The van der Waals surface area contributed by atoms with E-state index in [0.29, 0.717) is 18.6 Å². The van der Waals surface area contributed by atoms with Gasteiger partial charge in [0.15, 0.2) is 0 Å². The average Bonchev–Trinajstić information content (AvgIpc) is 2.41. The van der Waals surface area contributed by atoms with Crippen molar-refractivity contribution >= 4 is 27.8 Å². The summed E-state index contributed by atoms with van der Waals surface area (Å²) in [6.45, 7) is 1.76. The number of hydrogen-bond donors (Lipinski definition) is 0. The number of benzene rings is 1. The van der Waals surface area contributed by atoms with Crippen molar-refractivity contribution in [1.29, 1.82) is 0 Å². The molecule has 0 atom stereocenters. The fraction of sp³-hybridized carbons (Fsp3) is 0.429. The Morgan fingerprint density at radius 1 is 1.30 bits per heavy atom. The molecule has 1 amide bonds. The minimum absolute atomic E-state index is 0.213. The van der Waals surface area contributed by atoms with Crippen molar-refractivity contribution < 1.29 is 19.2 Å². The van der Waals surface area contributed by atoms with E-state index >= 15 is 0 Å². The van der Waals surface area contributed by atoms with E-state index in [1.54, 1.807) is 13.1 Å². The maximum Gasteiger partial charge on any atom is 0.302 e. The highest BCUT2D eigenvalue weighted by Gasteiger charge is 2.12. The molecule has 6 heteroatoms. The molecule has 0 aromatic heterocycles. The molecule has 0 aliphatic heterocycles. The lowest BCUT2D eigenvalue weighted by Gasteiger charge is -2.14. The number of amides is 1. The number of hydroxylamine groups is 2. The van der Waals surface area contributed by atoms with E-state index in [1.165, 1.54) is 19.1 Å². The highest BCUT2D eigenvalue weighted by atomic mass is 79.9. The Hall–Kier alpha value is -1.40. The topological polar surface area (TPSA) is 55.8 Å². The number of hydrogen-bond acceptors (Lipinski definition) is 4. The van der Waals surface area contributed by atoms with Gasteiger partial charge in [-0.1, -0.05) is 15.9 Å². The molecule has 0 bridgehead atoms. The molecule has 0 unspecified atom stereocenters. The largest absolute Gasteiger partial charge is 0.466 e. The summed E-state index contributed by atoms with van der Waals surface area (Å²) in [4.78, 5) is 27.6. The van der Waals surface area contributed by atoms with Crippen molar-refractivity contribution in [2.75, 3.05) is 20.8 Å². The SMILES string of the molecule is CON(C)C(=O)c1cc(Br)cc(CCCOC(C)=O)c1. The van der Waals surface area contributed by atoms with Gasteiger partial charge in [0.25, 0.3) is 5.91 Å². The van der Waals surface area contributed by atoms with Gasteiger partial charge >= 0.3 is 5.97 Å². The molecule has 0 saturated heterocycles. The Morgan fingerprint density at radius 3 is 2.60 bits per heavy atom. The van der Waals surface area contributed by atoms with Gasteiger partial charge in [0.1, 0.15) is 0 Å². The van der Waals surface area contributed by atoms with Crippen LogP contribution in [0, 0.1) is 0 Å². The smallest absolute Gasteiger partial charge is 0.302 e. The van der Waals surface area contributed by atoms with Crippen LogP contribution >= 0.6 is 15.9 Å². The van der Waals surface area contributed by atoms with E-state index in [2.05, 4.69) is 15.9 Å². The number of carbonyl (C=O) groups excluding carboxylic acids is 2. The number of rotatable bonds is 6. The maximum absolute atomic E-state index is 12.0. The molecule has 1 aromatic carbocycles. The summed E-state index contributed by atoms with van der Waals surface area (Å²) in [7, 11) is 3.00. The zero-order valence-electron chi connectivity index (χ0n) is 11.8. The van der Waals surface area contributed by atoms with Crippen molar-refractivity contribution in [3.63, 3.8) is 0 Å². The second-order valence-corrected chi connectivity index (χ2v) is 5.19. The van der Waals surface area contributed by atoms with Gasteiger partial charge in [-0.3, -0.25) is 14.4 Å². The van der Waals surface area contributed by atoms with E-state index in [0.717, 1.165) is 16.5 Å². The lowest BCUT2D eigenvalue weighted by atomic mass is 10.1. The van der Waals surface area contributed by atoms with E-state index in [9.17, 15) is 9.59 Å². The van der Waals surface area contributed by atoms with Gasteiger partial charge in [-0.05, 0) is 36.6 Å².